The molecule has 3 heterocycles. The van der Waals surface area contributed by atoms with Crippen molar-refractivity contribution in [3.05, 3.63) is 54.1 Å². The zero-order valence-electron chi connectivity index (χ0n) is 14.7. The predicted octanol–water partition coefficient (Wildman–Crippen LogP) is 2.01. The second-order valence-corrected chi connectivity index (χ2v) is 5.27. The minimum Gasteiger partial charge on any atom is -0.481 e. The van der Waals surface area contributed by atoms with E-state index in [1.807, 2.05) is 47.9 Å². The molecule has 9 heteroatoms. The molecule has 3 aromatic rings. The highest BCUT2D eigenvalue weighted by Crippen LogP contribution is 2.14. The number of rotatable bonds is 6. The first-order valence-electron chi connectivity index (χ1n) is 8.10. The number of nitrogens with zero attached hydrogens (tertiary/aromatic N) is 5. The van der Waals surface area contributed by atoms with E-state index in [2.05, 4.69) is 30.8 Å². The Bertz CT molecular complexity index is 865. The van der Waals surface area contributed by atoms with Crippen molar-refractivity contribution in [3.8, 4) is 5.88 Å². The van der Waals surface area contributed by atoms with Gasteiger partial charge < -0.3 is 15.4 Å². The van der Waals surface area contributed by atoms with Crippen molar-refractivity contribution in [2.45, 2.75) is 20.0 Å². The monoisotopic (exact) mass is 467 g/mol. The molecule has 138 valence electrons. The van der Waals surface area contributed by atoms with Crippen molar-refractivity contribution < 1.29 is 4.74 Å². The lowest BCUT2D eigenvalue weighted by Crippen LogP contribution is -2.37. The minimum absolute atomic E-state index is 0. The maximum Gasteiger partial charge on any atom is 0.218 e. The first kappa shape index (κ1) is 19.9. The fourth-order valence-electron chi connectivity index (χ4n) is 2.41. The minimum atomic E-state index is 0. The average Bonchev–Trinajstić information content (AvgIpc) is 3.07. The summed E-state index contributed by atoms with van der Waals surface area (Å²) in [4.78, 5) is 8.78. The molecule has 0 bridgehead atoms. The molecular formula is C17H22IN7O. The third-order valence-electron chi connectivity index (χ3n) is 3.59. The van der Waals surface area contributed by atoms with Gasteiger partial charge in [-0.05, 0) is 25.1 Å². The SMILES string of the molecule is CCNC(=NCc1cccnc1OC)NCc1nnc2ccccn12.I. The van der Waals surface area contributed by atoms with E-state index in [0.29, 0.717) is 24.9 Å². The van der Waals surface area contributed by atoms with Crippen molar-refractivity contribution in [1.82, 2.24) is 30.2 Å². The Morgan fingerprint density at radius 1 is 1.19 bits per heavy atom. The van der Waals surface area contributed by atoms with Crippen LogP contribution in [0.3, 0.4) is 0 Å². The van der Waals surface area contributed by atoms with Gasteiger partial charge in [-0.1, -0.05) is 12.1 Å². The number of methoxy groups -OCH3 is 1. The summed E-state index contributed by atoms with van der Waals surface area (Å²) < 4.78 is 7.21. The van der Waals surface area contributed by atoms with Crippen molar-refractivity contribution in [1.29, 1.82) is 0 Å². The maximum atomic E-state index is 5.26. The van der Waals surface area contributed by atoms with Gasteiger partial charge in [0.25, 0.3) is 0 Å². The van der Waals surface area contributed by atoms with Gasteiger partial charge in [-0.2, -0.15) is 0 Å². The van der Waals surface area contributed by atoms with Gasteiger partial charge in [0.1, 0.15) is 0 Å². The van der Waals surface area contributed by atoms with E-state index in [4.69, 9.17) is 4.74 Å². The highest BCUT2D eigenvalue weighted by molar-refractivity contribution is 14.0. The number of pyridine rings is 2. The van der Waals surface area contributed by atoms with Crippen LogP contribution in [0.4, 0.5) is 0 Å². The summed E-state index contributed by atoms with van der Waals surface area (Å²) >= 11 is 0. The molecule has 0 saturated heterocycles. The molecule has 0 aliphatic carbocycles. The molecule has 3 rings (SSSR count). The molecule has 0 aliphatic heterocycles. The summed E-state index contributed by atoms with van der Waals surface area (Å²) in [7, 11) is 1.61. The van der Waals surface area contributed by atoms with Gasteiger partial charge in [-0.15, -0.1) is 34.2 Å². The van der Waals surface area contributed by atoms with Crippen LogP contribution in [0.5, 0.6) is 5.88 Å². The lowest BCUT2D eigenvalue weighted by Gasteiger charge is -2.11. The van der Waals surface area contributed by atoms with Crippen LogP contribution in [0, 0.1) is 0 Å². The Kier molecular flexibility index (Phi) is 7.57. The van der Waals surface area contributed by atoms with Crippen molar-refractivity contribution in [2.24, 2.45) is 4.99 Å². The average molecular weight is 467 g/mol. The second-order valence-electron chi connectivity index (χ2n) is 5.27. The van der Waals surface area contributed by atoms with E-state index in [-0.39, 0.29) is 24.0 Å². The Morgan fingerprint density at radius 2 is 2.08 bits per heavy atom. The number of aromatic nitrogens is 4. The van der Waals surface area contributed by atoms with Gasteiger partial charge >= 0.3 is 0 Å². The van der Waals surface area contributed by atoms with Crippen LogP contribution in [0.2, 0.25) is 0 Å². The highest BCUT2D eigenvalue weighted by atomic mass is 127. The number of nitrogens with one attached hydrogen (secondary N) is 2. The third kappa shape index (κ3) is 4.81. The van der Waals surface area contributed by atoms with Gasteiger partial charge in [0.2, 0.25) is 5.88 Å². The topological polar surface area (TPSA) is 88.7 Å². The van der Waals surface area contributed by atoms with Crippen molar-refractivity contribution in [2.75, 3.05) is 13.7 Å². The zero-order valence-corrected chi connectivity index (χ0v) is 17.0. The van der Waals surface area contributed by atoms with Crippen LogP contribution >= 0.6 is 24.0 Å². The van der Waals surface area contributed by atoms with E-state index in [0.717, 1.165) is 23.6 Å². The molecule has 0 aliphatic rings. The Balaban J connectivity index is 0.00000243. The number of hydrogen-bond donors (Lipinski definition) is 2. The quantitative estimate of drug-likeness (QED) is 0.328. The molecule has 0 radical (unpaired) electrons. The van der Waals surface area contributed by atoms with Crippen LogP contribution in [0.25, 0.3) is 5.65 Å². The van der Waals surface area contributed by atoms with E-state index in [1.54, 1.807) is 13.3 Å². The van der Waals surface area contributed by atoms with Crippen LogP contribution in [-0.2, 0) is 13.1 Å². The first-order valence-corrected chi connectivity index (χ1v) is 8.10. The summed E-state index contributed by atoms with van der Waals surface area (Å²) in [5.41, 5.74) is 1.75. The summed E-state index contributed by atoms with van der Waals surface area (Å²) in [6, 6.07) is 9.63. The van der Waals surface area contributed by atoms with E-state index >= 15 is 0 Å². The van der Waals surface area contributed by atoms with E-state index < -0.39 is 0 Å². The number of ether oxygens (including phenoxy) is 1. The smallest absolute Gasteiger partial charge is 0.218 e. The summed E-state index contributed by atoms with van der Waals surface area (Å²) in [5, 5.41) is 14.9. The molecule has 0 aromatic carbocycles. The molecule has 0 spiro atoms. The van der Waals surface area contributed by atoms with Gasteiger partial charge in [-0.3, -0.25) is 4.40 Å². The fraction of sp³-hybridized carbons (Fsp3) is 0.294. The van der Waals surface area contributed by atoms with Crippen LogP contribution in [0.1, 0.15) is 18.3 Å². The standard InChI is InChI=1S/C17H21N7O.HI/c1-3-18-17(20-11-13-7-6-9-19-16(13)25-2)21-12-15-23-22-14-8-4-5-10-24(14)15;/h4-10H,3,11-12H2,1-2H3,(H2,18,20,21);1H. The second kappa shape index (κ2) is 9.90. The van der Waals surface area contributed by atoms with E-state index in [1.165, 1.54) is 0 Å². The zero-order chi connectivity index (χ0) is 17.5. The molecule has 2 N–H and O–H groups in total. The number of fused-ring (bicyclic) bond motifs is 1. The predicted molar refractivity (Wildman–Crippen MR) is 111 cm³/mol. The van der Waals surface area contributed by atoms with Crippen LogP contribution in [-0.4, -0.2) is 39.2 Å². The Hall–Kier alpha value is -2.43. The number of halogens is 1. The summed E-state index contributed by atoms with van der Waals surface area (Å²) in [5.74, 6) is 2.10. The summed E-state index contributed by atoms with van der Waals surface area (Å²) in [6.45, 7) is 3.76. The fourth-order valence-corrected chi connectivity index (χ4v) is 2.41. The molecule has 26 heavy (non-hydrogen) atoms. The lowest BCUT2D eigenvalue weighted by atomic mass is 10.3. The highest BCUT2D eigenvalue weighted by Gasteiger charge is 2.07. The van der Waals surface area contributed by atoms with Crippen LogP contribution < -0.4 is 15.4 Å². The van der Waals surface area contributed by atoms with Crippen molar-refractivity contribution in [3.63, 3.8) is 0 Å². The first-order chi connectivity index (χ1) is 12.3. The summed E-state index contributed by atoms with van der Waals surface area (Å²) in [6.07, 6.45) is 3.64. The van der Waals surface area contributed by atoms with Gasteiger partial charge in [-0.25, -0.2) is 9.98 Å². The maximum absolute atomic E-state index is 5.26. The van der Waals surface area contributed by atoms with Gasteiger partial charge in [0.05, 0.1) is 20.2 Å². The molecule has 3 aromatic heterocycles. The van der Waals surface area contributed by atoms with Crippen molar-refractivity contribution >= 4 is 35.6 Å². The molecule has 0 saturated carbocycles. The Labute approximate surface area is 169 Å². The third-order valence-corrected chi connectivity index (χ3v) is 3.59. The molecule has 0 amide bonds. The number of guanidine groups is 1. The Morgan fingerprint density at radius 3 is 2.88 bits per heavy atom. The van der Waals surface area contributed by atoms with Gasteiger partial charge in [0.15, 0.2) is 17.4 Å². The number of aliphatic imine (C=N–C) groups is 1. The molecule has 8 nitrogen and oxygen atoms in total. The lowest BCUT2D eigenvalue weighted by molar-refractivity contribution is 0.392. The molecule has 0 unspecified atom stereocenters. The normalized spacial score (nSPS) is 11.1. The largest absolute Gasteiger partial charge is 0.481 e. The van der Waals surface area contributed by atoms with Gasteiger partial charge in [0, 0.05) is 24.5 Å². The van der Waals surface area contributed by atoms with E-state index in [9.17, 15) is 0 Å². The molecule has 0 fully saturated rings. The number of hydrogen-bond acceptors (Lipinski definition) is 5. The molecule has 0 atom stereocenters. The van der Waals surface area contributed by atoms with Crippen LogP contribution in [0.15, 0.2) is 47.7 Å². The molecular weight excluding hydrogens is 445 g/mol.